The van der Waals surface area contributed by atoms with E-state index in [4.69, 9.17) is 0 Å². The molecule has 0 aliphatic carbocycles. The molecule has 2 rings (SSSR count). The molecule has 0 bridgehead atoms. The van der Waals surface area contributed by atoms with Gasteiger partial charge in [-0.2, -0.15) is 5.10 Å². The molecule has 0 radical (unpaired) electrons. The third-order valence-corrected chi connectivity index (χ3v) is 2.66. The van der Waals surface area contributed by atoms with Crippen LogP contribution in [0, 0.1) is 5.92 Å². The molecule has 0 amide bonds. The third-order valence-electron chi connectivity index (χ3n) is 2.66. The van der Waals surface area contributed by atoms with E-state index in [-0.39, 0.29) is 5.92 Å². The van der Waals surface area contributed by atoms with Crippen LogP contribution in [0.5, 0.6) is 0 Å². The van der Waals surface area contributed by atoms with Gasteiger partial charge in [0.15, 0.2) is 0 Å². The van der Waals surface area contributed by atoms with Crippen LogP contribution in [0.25, 0.3) is 0 Å². The van der Waals surface area contributed by atoms with Gasteiger partial charge in [-0.3, -0.25) is 9.89 Å². The molecule has 14 heavy (non-hydrogen) atoms. The second-order valence-corrected chi connectivity index (χ2v) is 3.78. The highest BCUT2D eigenvalue weighted by molar-refractivity contribution is 5.81. The fourth-order valence-corrected chi connectivity index (χ4v) is 1.84. The summed E-state index contributed by atoms with van der Waals surface area (Å²) in [6.07, 6.45) is 6.15. The molecular weight excluding hydrogens is 178 g/mol. The highest BCUT2D eigenvalue weighted by Gasteiger charge is 2.20. The quantitative estimate of drug-likeness (QED) is 0.720. The highest BCUT2D eigenvalue weighted by atomic mass is 16.1. The second kappa shape index (κ2) is 4.37. The number of hydrogen-bond donors (Lipinski definition) is 2. The minimum Gasteiger partial charge on any atom is -0.316 e. The summed E-state index contributed by atoms with van der Waals surface area (Å²) < 4.78 is 0. The molecular formula is C10H15N3O. The van der Waals surface area contributed by atoms with Crippen LogP contribution >= 0.6 is 0 Å². The summed E-state index contributed by atoms with van der Waals surface area (Å²) >= 11 is 0. The Kier molecular flexibility index (Phi) is 2.93. The Hall–Kier alpha value is -1.16. The standard InChI is InChI=1S/C10H15N3O/c14-10-2-1-3-11-7-9(10)4-8-5-12-13-6-8/h5-6,9,11H,1-4,7H2,(H,12,13). The van der Waals surface area contributed by atoms with Gasteiger partial charge in [0.1, 0.15) is 5.78 Å². The molecule has 0 saturated carbocycles. The van der Waals surface area contributed by atoms with Crippen molar-refractivity contribution in [1.82, 2.24) is 15.5 Å². The molecule has 76 valence electrons. The summed E-state index contributed by atoms with van der Waals surface area (Å²) in [4.78, 5) is 11.7. The Balaban J connectivity index is 1.98. The third kappa shape index (κ3) is 2.20. The van der Waals surface area contributed by atoms with Crippen molar-refractivity contribution in [3.05, 3.63) is 18.0 Å². The largest absolute Gasteiger partial charge is 0.316 e. The maximum absolute atomic E-state index is 11.7. The van der Waals surface area contributed by atoms with Crippen LogP contribution in [0.15, 0.2) is 12.4 Å². The van der Waals surface area contributed by atoms with E-state index in [2.05, 4.69) is 15.5 Å². The average Bonchev–Trinajstić information content (AvgIpc) is 2.60. The summed E-state index contributed by atoms with van der Waals surface area (Å²) in [6.45, 7) is 1.78. The van der Waals surface area contributed by atoms with Crippen LogP contribution < -0.4 is 5.32 Å². The molecule has 1 atom stereocenters. The summed E-state index contributed by atoms with van der Waals surface area (Å²) in [6, 6.07) is 0. The van der Waals surface area contributed by atoms with Crippen molar-refractivity contribution in [2.45, 2.75) is 19.3 Å². The van der Waals surface area contributed by atoms with Crippen molar-refractivity contribution < 1.29 is 4.79 Å². The average molecular weight is 193 g/mol. The Morgan fingerprint density at radius 1 is 1.57 bits per heavy atom. The predicted molar refractivity (Wildman–Crippen MR) is 52.9 cm³/mol. The fraction of sp³-hybridized carbons (Fsp3) is 0.600. The lowest BCUT2D eigenvalue weighted by atomic mass is 9.95. The summed E-state index contributed by atoms with van der Waals surface area (Å²) in [5, 5.41) is 9.94. The molecule has 1 fully saturated rings. The normalized spacial score (nSPS) is 23.4. The van der Waals surface area contributed by atoms with Gasteiger partial charge in [-0.05, 0) is 24.9 Å². The molecule has 4 heteroatoms. The van der Waals surface area contributed by atoms with Crippen molar-refractivity contribution >= 4 is 5.78 Å². The van der Waals surface area contributed by atoms with Gasteiger partial charge < -0.3 is 5.32 Å². The smallest absolute Gasteiger partial charge is 0.137 e. The van der Waals surface area contributed by atoms with Crippen molar-refractivity contribution in [1.29, 1.82) is 0 Å². The number of ketones is 1. The van der Waals surface area contributed by atoms with Gasteiger partial charge in [-0.15, -0.1) is 0 Å². The topological polar surface area (TPSA) is 57.8 Å². The van der Waals surface area contributed by atoms with Crippen LogP contribution in [-0.2, 0) is 11.2 Å². The van der Waals surface area contributed by atoms with Gasteiger partial charge in [0.05, 0.1) is 6.20 Å². The lowest BCUT2D eigenvalue weighted by Gasteiger charge is -2.11. The lowest BCUT2D eigenvalue weighted by molar-refractivity contribution is -0.122. The first-order chi connectivity index (χ1) is 6.86. The maximum atomic E-state index is 11.7. The number of nitrogens with zero attached hydrogens (tertiary/aromatic N) is 1. The van der Waals surface area contributed by atoms with E-state index in [1.807, 2.05) is 6.20 Å². The number of aromatic nitrogens is 2. The molecule has 1 saturated heterocycles. The van der Waals surface area contributed by atoms with Crippen LogP contribution in [0.1, 0.15) is 18.4 Å². The zero-order chi connectivity index (χ0) is 9.80. The predicted octanol–water partition coefficient (Wildman–Crippen LogP) is 0.521. The minimum absolute atomic E-state index is 0.134. The molecule has 0 spiro atoms. The SMILES string of the molecule is O=C1CCCNCC1Cc1cn[nH]c1. The minimum atomic E-state index is 0.134. The van der Waals surface area contributed by atoms with E-state index in [0.717, 1.165) is 37.9 Å². The van der Waals surface area contributed by atoms with E-state index >= 15 is 0 Å². The fourth-order valence-electron chi connectivity index (χ4n) is 1.84. The Labute approximate surface area is 83.1 Å². The second-order valence-electron chi connectivity index (χ2n) is 3.78. The van der Waals surface area contributed by atoms with Crippen molar-refractivity contribution in [3.63, 3.8) is 0 Å². The highest BCUT2D eigenvalue weighted by Crippen LogP contribution is 2.12. The van der Waals surface area contributed by atoms with E-state index in [0.29, 0.717) is 5.78 Å². The van der Waals surface area contributed by atoms with Crippen molar-refractivity contribution in [2.75, 3.05) is 13.1 Å². The number of H-pyrrole nitrogens is 1. The molecule has 1 aromatic heterocycles. The van der Waals surface area contributed by atoms with Crippen molar-refractivity contribution in [2.24, 2.45) is 5.92 Å². The van der Waals surface area contributed by atoms with E-state index in [1.165, 1.54) is 0 Å². The zero-order valence-corrected chi connectivity index (χ0v) is 8.12. The molecule has 4 nitrogen and oxygen atoms in total. The van der Waals surface area contributed by atoms with Gasteiger partial charge in [0.25, 0.3) is 0 Å². The monoisotopic (exact) mass is 193 g/mol. The Bertz CT molecular complexity index is 294. The maximum Gasteiger partial charge on any atom is 0.137 e. The first-order valence-corrected chi connectivity index (χ1v) is 5.07. The molecule has 1 aromatic rings. The molecule has 1 unspecified atom stereocenters. The number of Topliss-reactive ketones (excluding diaryl/α,β-unsaturated/α-hetero) is 1. The van der Waals surface area contributed by atoms with E-state index < -0.39 is 0 Å². The first-order valence-electron chi connectivity index (χ1n) is 5.07. The molecule has 2 N–H and O–H groups in total. The number of carbonyl (C=O) groups excluding carboxylic acids is 1. The van der Waals surface area contributed by atoms with Crippen LogP contribution in [0.2, 0.25) is 0 Å². The van der Waals surface area contributed by atoms with Gasteiger partial charge in [0.2, 0.25) is 0 Å². The van der Waals surface area contributed by atoms with Gasteiger partial charge in [0, 0.05) is 25.1 Å². The van der Waals surface area contributed by atoms with E-state index in [9.17, 15) is 4.79 Å². The van der Waals surface area contributed by atoms with Gasteiger partial charge in [-0.1, -0.05) is 0 Å². The van der Waals surface area contributed by atoms with Gasteiger partial charge in [-0.25, -0.2) is 0 Å². The number of carbonyl (C=O) groups is 1. The van der Waals surface area contributed by atoms with E-state index in [1.54, 1.807) is 6.20 Å². The number of nitrogens with one attached hydrogen (secondary N) is 2. The zero-order valence-electron chi connectivity index (χ0n) is 8.12. The molecule has 2 heterocycles. The van der Waals surface area contributed by atoms with Crippen LogP contribution in [-0.4, -0.2) is 29.1 Å². The molecule has 1 aliphatic rings. The van der Waals surface area contributed by atoms with Gasteiger partial charge >= 0.3 is 0 Å². The van der Waals surface area contributed by atoms with Crippen molar-refractivity contribution in [3.8, 4) is 0 Å². The van der Waals surface area contributed by atoms with Crippen LogP contribution in [0.3, 0.4) is 0 Å². The summed E-state index contributed by atoms with van der Waals surface area (Å²) in [5.74, 6) is 0.520. The first kappa shape index (κ1) is 9.40. The Morgan fingerprint density at radius 3 is 3.29 bits per heavy atom. The summed E-state index contributed by atoms with van der Waals surface area (Å²) in [5.41, 5.74) is 1.12. The summed E-state index contributed by atoms with van der Waals surface area (Å²) in [7, 11) is 0. The lowest BCUT2D eigenvalue weighted by Crippen LogP contribution is -2.26. The Morgan fingerprint density at radius 2 is 2.50 bits per heavy atom. The van der Waals surface area contributed by atoms with Crippen LogP contribution in [0.4, 0.5) is 0 Å². The number of aromatic amines is 1. The number of hydrogen-bond acceptors (Lipinski definition) is 3. The molecule has 1 aliphatic heterocycles. The molecule has 0 aromatic carbocycles. The number of rotatable bonds is 2.